The Labute approximate surface area is 169 Å². The molecule has 7 nitrogen and oxygen atoms in total. The number of furan rings is 1. The molecule has 1 amide bonds. The van der Waals surface area contributed by atoms with Crippen molar-refractivity contribution in [2.24, 2.45) is 0 Å². The molecule has 1 aliphatic rings. The van der Waals surface area contributed by atoms with E-state index in [1.165, 1.54) is 17.2 Å². The Kier molecular flexibility index (Phi) is 6.39. The van der Waals surface area contributed by atoms with Crippen LogP contribution < -0.4 is 4.74 Å². The molecule has 1 aromatic carbocycles. The Morgan fingerprint density at radius 1 is 1.28 bits per heavy atom. The largest absolute Gasteiger partial charge is 0.503 e. The van der Waals surface area contributed by atoms with Gasteiger partial charge in [0.15, 0.2) is 11.5 Å². The van der Waals surface area contributed by atoms with E-state index in [9.17, 15) is 14.7 Å². The van der Waals surface area contributed by atoms with Gasteiger partial charge in [-0.05, 0) is 50.6 Å². The maximum Gasteiger partial charge on any atom is 0.290 e. The van der Waals surface area contributed by atoms with Crippen molar-refractivity contribution in [1.82, 2.24) is 4.90 Å². The van der Waals surface area contributed by atoms with Gasteiger partial charge in [0.2, 0.25) is 5.78 Å². The van der Waals surface area contributed by atoms with E-state index in [1.54, 1.807) is 30.3 Å². The van der Waals surface area contributed by atoms with Crippen LogP contribution in [0.5, 0.6) is 5.75 Å². The van der Waals surface area contributed by atoms with Gasteiger partial charge in [0.05, 0.1) is 37.2 Å². The summed E-state index contributed by atoms with van der Waals surface area (Å²) in [6, 6.07) is 9.48. The highest BCUT2D eigenvalue weighted by Crippen LogP contribution is 2.39. The van der Waals surface area contributed by atoms with E-state index in [4.69, 9.17) is 13.9 Å². The van der Waals surface area contributed by atoms with E-state index >= 15 is 0 Å². The molecule has 29 heavy (non-hydrogen) atoms. The second-order valence-electron chi connectivity index (χ2n) is 6.89. The molecule has 2 aromatic rings. The first-order chi connectivity index (χ1) is 13.9. The molecule has 2 heterocycles. The number of benzene rings is 1. The molecule has 154 valence electrons. The summed E-state index contributed by atoms with van der Waals surface area (Å²) < 4.78 is 16.4. The van der Waals surface area contributed by atoms with Gasteiger partial charge in [0, 0.05) is 6.54 Å². The summed E-state index contributed by atoms with van der Waals surface area (Å²) >= 11 is 0. The molecule has 0 saturated heterocycles. The summed E-state index contributed by atoms with van der Waals surface area (Å²) in [7, 11) is 0. The summed E-state index contributed by atoms with van der Waals surface area (Å²) in [5.74, 6) is -1.03. The first-order valence-electron chi connectivity index (χ1n) is 9.60. The molecular formula is C22H25NO6. The normalized spacial score (nSPS) is 16.8. The van der Waals surface area contributed by atoms with E-state index < -0.39 is 23.5 Å². The lowest BCUT2D eigenvalue weighted by Gasteiger charge is -2.27. The SMILES string of the molecule is CCOc1cccc(C2C(C(=O)c3ccco3)=C(O)C(=O)N2CCOC(C)C)c1. The summed E-state index contributed by atoms with van der Waals surface area (Å²) in [5.41, 5.74) is 0.649. The number of Topliss-reactive ketones (excluding diaryl/α,β-unsaturated/α-hetero) is 1. The van der Waals surface area contributed by atoms with Crippen LogP contribution in [0.4, 0.5) is 0 Å². The zero-order valence-electron chi connectivity index (χ0n) is 16.8. The first kappa shape index (κ1) is 20.7. The average Bonchev–Trinajstić information content (AvgIpc) is 3.31. The van der Waals surface area contributed by atoms with Crippen LogP contribution in [0.25, 0.3) is 0 Å². The molecule has 0 saturated carbocycles. The van der Waals surface area contributed by atoms with Crippen molar-refractivity contribution in [3.8, 4) is 5.75 Å². The van der Waals surface area contributed by atoms with Gasteiger partial charge in [-0.15, -0.1) is 0 Å². The fourth-order valence-electron chi connectivity index (χ4n) is 3.33. The summed E-state index contributed by atoms with van der Waals surface area (Å²) in [4.78, 5) is 27.3. The van der Waals surface area contributed by atoms with Crippen molar-refractivity contribution in [1.29, 1.82) is 0 Å². The number of ether oxygens (including phenoxy) is 2. The van der Waals surface area contributed by atoms with Gasteiger partial charge in [-0.1, -0.05) is 12.1 Å². The number of rotatable bonds is 9. The number of carbonyl (C=O) groups is 2. The van der Waals surface area contributed by atoms with Crippen molar-refractivity contribution in [3.05, 3.63) is 65.3 Å². The van der Waals surface area contributed by atoms with Crippen molar-refractivity contribution in [2.45, 2.75) is 32.9 Å². The highest BCUT2D eigenvalue weighted by Gasteiger charge is 2.44. The Hall–Kier alpha value is -3.06. The van der Waals surface area contributed by atoms with Gasteiger partial charge in [0.1, 0.15) is 5.75 Å². The first-order valence-corrected chi connectivity index (χ1v) is 9.60. The lowest BCUT2D eigenvalue weighted by Crippen LogP contribution is -2.34. The molecule has 0 spiro atoms. The highest BCUT2D eigenvalue weighted by atomic mass is 16.5. The maximum atomic E-state index is 13.0. The van der Waals surface area contributed by atoms with Crippen LogP contribution in [0.3, 0.4) is 0 Å². The Bertz CT molecular complexity index is 900. The molecule has 0 bridgehead atoms. The summed E-state index contributed by atoms with van der Waals surface area (Å²) in [5, 5.41) is 10.6. The number of amides is 1. The predicted molar refractivity (Wildman–Crippen MR) is 106 cm³/mol. The average molecular weight is 399 g/mol. The predicted octanol–water partition coefficient (Wildman–Crippen LogP) is 3.68. The fraction of sp³-hybridized carbons (Fsp3) is 0.364. The number of nitrogens with zero attached hydrogens (tertiary/aromatic N) is 1. The quantitative estimate of drug-likeness (QED) is 0.647. The lowest BCUT2D eigenvalue weighted by atomic mass is 9.95. The number of aliphatic hydroxyl groups is 1. The number of carbonyl (C=O) groups excluding carboxylic acids is 2. The molecule has 1 N–H and O–H groups in total. The highest BCUT2D eigenvalue weighted by molar-refractivity contribution is 6.15. The van der Waals surface area contributed by atoms with Crippen LogP contribution in [0.15, 0.2) is 58.4 Å². The van der Waals surface area contributed by atoms with Gasteiger partial charge in [-0.2, -0.15) is 0 Å². The molecule has 7 heteroatoms. The molecule has 1 aromatic heterocycles. The van der Waals surface area contributed by atoms with Gasteiger partial charge in [-0.3, -0.25) is 9.59 Å². The zero-order chi connectivity index (χ0) is 21.0. The van der Waals surface area contributed by atoms with E-state index in [0.717, 1.165) is 0 Å². The van der Waals surface area contributed by atoms with E-state index in [0.29, 0.717) is 17.9 Å². The second kappa shape index (κ2) is 8.96. The van der Waals surface area contributed by atoms with Crippen LogP contribution in [0.1, 0.15) is 42.9 Å². The maximum absolute atomic E-state index is 13.0. The Morgan fingerprint density at radius 3 is 2.72 bits per heavy atom. The minimum absolute atomic E-state index is 0.00165. The smallest absolute Gasteiger partial charge is 0.290 e. The van der Waals surface area contributed by atoms with Gasteiger partial charge >= 0.3 is 0 Å². The monoisotopic (exact) mass is 399 g/mol. The number of ketones is 1. The van der Waals surface area contributed by atoms with E-state index in [1.807, 2.05) is 20.8 Å². The standard InChI is InChI=1S/C22H25NO6/c1-4-27-16-8-5-7-15(13-16)19-18(20(24)17-9-6-11-29-17)21(25)22(26)23(19)10-12-28-14(2)3/h5-9,11,13-14,19,25H,4,10,12H2,1-3H3. The van der Waals surface area contributed by atoms with Crippen molar-refractivity contribution in [3.63, 3.8) is 0 Å². The van der Waals surface area contributed by atoms with Gasteiger partial charge in [0.25, 0.3) is 5.91 Å². The van der Waals surface area contributed by atoms with Crippen molar-refractivity contribution in [2.75, 3.05) is 19.8 Å². The van der Waals surface area contributed by atoms with Crippen molar-refractivity contribution >= 4 is 11.7 Å². The molecule has 1 atom stereocenters. The molecule has 0 fully saturated rings. The van der Waals surface area contributed by atoms with Crippen LogP contribution >= 0.6 is 0 Å². The fourth-order valence-corrected chi connectivity index (χ4v) is 3.33. The minimum atomic E-state index is -0.767. The Morgan fingerprint density at radius 2 is 2.07 bits per heavy atom. The zero-order valence-corrected chi connectivity index (χ0v) is 16.8. The van der Waals surface area contributed by atoms with Crippen molar-refractivity contribution < 1.29 is 28.6 Å². The van der Waals surface area contributed by atoms with Gasteiger partial charge in [-0.25, -0.2) is 0 Å². The number of hydrogen-bond acceptors (Lipinski definition) is 6. The molecular weight excluding hydrogens is 374 g/mol. The number of aliphatic hydroxyl groups excluding tert-OH is 1. The van der Waals surface area contributed by atoms with Crippen LogP contribution in [-0.2, 0) is 9.53 Å². The number of hydrogen-bond donors (Lipinski definition) is 1. The van der Waals surface area contributed by atoms with Gasteiger partial charge < -0.3 is 23.9 Å². The molecule has 1 aliphatic heterocycles. The third-order valence-electron chi connectivity index (χ3n) is 4.56. The van der Waals surface area contributed by atoms with Crippen LogP contribution in [0, 0.1) is 0 Å². The van der Waals surface area contributed by atoms with Crippen LogP contribution in [0.2, 0.25) is 0 Å². The lowest BCUT2D eigenvalue weighted by molar-refractivity contribution is -0.130. The molecule has 0 radical (unpaired) electrons. The summed E-state index contributed by atoms with van der Waals surface area (Å²) in [6.07, 6.45) is 1.37. The third-order valence-corrected chi connectivity index (χ3v) is 4.56. The Balaban J connectivity index is 2.01. The molecule has 3 rings (SSSR count). The van der Waals surface area contributed by atoms with Crippen LogP contribution in [-0.4, -0.2) is 47.6 Å². The third kappa shape index (κ3) is 4.35. The molecule has 0 aliphatic carbocycles. The summed E-state index contributed by atoms with van der Waals surface area (Å²) in [6.45, 7) is 6.66. The topological polar surface area (TPSA) is 89.2 Å². The van der Waals surface area contributed by atoms with E-state index in [2.05, 4.69) is 0 Å². The minimum Gasteiger partial charge on any atom is -0.503 e. The molecule has 1 unspecified atom stereocenters. The second-order valence-corrected chi connectivity index (χ2v) is 6.89. The van der Waals surface area contributed by atoms with E-state index in [-0.39, 0.29) is 30.6 Å².